The number of piperidine rings is 1. The third kappa shape index (κ3) is 5.18. The van der Waals surface area contributed by atoms with Crippen LogP contribution in [0.1, 0.15) is 23.7 Å². The van der Waals surface area contributed by atoms with Crippen molar-refractivity contribution in [2.75, 3.05) is 19.5 Å². The van der Waals surface area contributed by atoms with Gasteiger partial charge < -0.3 is 14.4 Å². The SMILES string of the molecule is C=C[C@@H](CCl)[C@H]1CCN2C(=O)S[C@@H](c3cc(-c4ccc(Oc5ccccc5)cc4)nc4ccc(OC)cc34)[C@@H]2C1. The van der Waals surface area contributed by atoms with Gasteiger partial charge in [0.1, 0.15) is 17.2 Å². The number of alkyl halides is 1. The molecule has 4 atom stereocenters. The largest absolute Gasteiger partial charge is 0.497 e. The van der Waals surface area contributed by atoms with Gasteiger partial charge in [-0.05, 0) is 90.9 Å². The number of amides is 1. The second-order valence-corrected chi connectivity index (χ2v) is 11.7. The standard InChI is InChI=1S/C33H31ClN2O3S/c1-3-21(20-34)23-15-16-36-31(17-23)32(40-33(36)37)28-19-30(35-29-14-13-26(38-2)18-27(28)29)22-9-11-25(12-10-22)39-24-7-5-4-6-8-24/h3-14,18-19,21,23,31-32H,1,15-17,20H2,2H3/t21-,23-,31-,32-/m0/s1. The number of carbonyl (C=O) groups excluding carboxylic acids is 1. The molecule has 1 amide bonds. The van der Waals surface area contributed by atoms with Crippen LogP contribution in [-0.2, 0) is 0 Å². The van der Waals surface area contributed by atoms with Gasteiger partial charge in [-0.1, -0.05) is 36.0 Å². The van der Waals surface area contributed by atoms with Gasteiger partial charge in [0.05, 0.1) is 23.6 Å². The maximum Gasteiger partial charge on any atom is 0.282 e. The second-order valence-electron chi connectivity index (χ2n) is 10.3. The molecule has 4 aromatic rings. The summed E-state index contributed by atoms with van der Waals surface area (Å²) in [7, 11) is 1.67. The van der Waals surface area contributed by atoms with E-state index in [4.69, 9.17) is 26.1 Å². The van der Waals surface area contributed by atoms with Crippen LogP contribution in [0.4, 0.5) is 4.79 Å². The van der Waals surface area contributed by atoms with E-state index in [0.29, 0.717) is 11.8 Å². The Labute approximate surface area is 244 Å². The lowest BCUT2D eigenvalue weighted by Crippen LogP contribution is -2.43. The molecule has 0 N–H and O–H groups in total. The Morgan fingerprint density at radius 2 is 1.82 bits per heavy atom. The summed E-state index contributed by atoms with van der Waals surface area (Å²) >= 11 is 7.72. The van der Waals surface area contributed by atoms with Gasteiger partial charge in [-0.15, -0.1) is 18.2 Å². The Morgan fingerprint density at radius 1 is 1.07 bits per heavy atom. The molecule has 0 aliphatic carbocycles. The highest BCUT2D eigenvalue weighted by atomic mass is 35.5. The number of pyridine rings is 1. The lowest BCUT2D eigenvalue weighted by Gasteiger charge is -2.38. The molecule has 6 rings (SSSR count). The van der Waals surface area contributed by atoms with E-state index in [2.05, 4.69) is 17.5 Å². The molecule has 204 valence electrons. The fourth-order valence-electron chi connectivity index (χ4n) is 5.90. The van der Waals surface area contributed by atoms with Gasteiger partial charge in [-0.25, -0.2) is 4.98 Å². The number of hydrogen-bond acceptors (Lipinski definition) is 5. The molecule has 2 saturated heterocycles. The molecule has 0 spiro atoms. The predicted octanol–water partition coefficient (Wildman–Crippen LogP) is 8.73. The number of ether oxygens (including phenoxy) is 2. The van der Waals surface area contributed by atoms with Crippen molar-refractivity contribution in [3.63, 3.8) is 0 Å². The first-order chi connectivity index (χ1) is 19.6. The van der Waals surface area contributed by atoms with Crippen molar-refractivity contribution >= 4 is 39.5 Å². The molecule has 0 saturated carbocycles. The van der Waals surface area contributed by atoms with Crippen LogP contribution in [-0.4, -0.2) is 40.7 Å². The molecule has 40 heavy (non-hydrogen) atoms. The first-order valence-electron chi connectivity index (χ1n) is 13.6. The molecule has 5 nitrogen and oxygen atoms in total. The fourth-order valence-corrected chi connectivity index (χ4v) is 7.59. The molecule has 7 heteroatoms. The summed E-state index contributed by atoms with van der Waals surface area (Å²) in [5.74, 6) is 3.53. The van der Waals surface area contributed by atoms with E-state index in [1.54, 1.807) is 7.11 Å². The van der Waals surface area contributed by atoms with Crippen molar-refractivity contribution in [2.45, 2.75) is 24.1 Å². The second kappa shape index (κ2) is 11.6. The minimum Gasteiger partial charge on any atom is -0.497 e. The van der Waals surface area contributed by atoms with Crippen LogP contribution >= 0.6 is 23.4 Å². The van der Waals surface area contributed by atoms with E-state index in [9.17, 15) is 4.79 Å². The molecule has 0 unspecified atom stereocenters. The molecule has 3 heterocycles. The van der Waals surface area contributed by atoms with Gasteiger partial charge in [0, 0.05) is 29.4 Å². The third-order valence-electron chi connectivity index (χ3n) is 8.07. The quantitative estimate of drug-likeness (QED) is 0.157. The Bertz CT molecular complexity index is 1530. The zero-order valence-corrected chi connectivity index (χ0v) is 23.9. The Balaban J connectivity index is 1.38. The number of rotatable bonds is 8. The molecule has 1 aromatic heterocycles. The van der Waals surface area contributed by atoms with Crippen molar-refractivity contribution in [1.82, 2.24) is 9.88 Å². The van der Waals surface area contributed by atoms with Gasteiger partial charge in [-0.2, -0.15) is 0 Å². The number of nitrogens with zero attached hydrogens (tertiary/aromatic N) is 2. The summed E-state index contributed by atoms with van der Waals surface area (Å²) in [6.45, 7) is 4.77. The van der Waals surface area contributed by atoms with Crippen LogP contribution in [0.2, 0.25) is 0 Å². The minimum absolute atomic E-state index is 0.0202. The minimum atomic E-state index is -0.0202. The summed E-state index contributed by atoms with van der Waals surface area (Å²) in [4.78, 5) is 20.3. The van der Waals surface area contributed by atoms with Crippen molar-refractivity contribution in [3.8, 4) is 28.5 Å². The van der Waals surface area contributed by atoms with E-state index in [1.807, 2.05) is 78.9 Å². The summed E-state index contributed by atoms with van der Waals surface area (Å²) in [5, 5.41) is 1.14. The topological polar surface area (TPSA) is 51.7 Å². The monoisotopic (exact) mass is 570 g/mol. The Kier molecular flexibility index (Phi) is 7.72. The number of halogens is 1. The van der Waals surface area contributed by atoms with Crippen LogP contribution in [0.3, 0.4) is 0 Å². The summed E-state index contributed by atoms with van der Waals surface area (Å²) < 4.78 is 11.6. The first kappa shape index (κ1) is 26.7. The van der Waals surface area contributed by atoms with Crippen molar-refractivity contribution in [2.24, 2.45) is 11.8 Å². The molecular formula is C33H31ClN2O3S. The molecule has 2 aliphatic heterocycles. The number of benzene rings is 3. The summed E-state index contributed by atoms with van der Waals surface area (Å²) in [5.41, 5.74) is 3.83. The molecule has 2 aliphatic rings. The predicted molar refractivity (Wildman–Crippen MR) is 164 cm³/mol. The van der Waals surface area contributed by atoms with Crippen LogP contribution in [0.5, 0.6) is 17.2 Å². The number of allylic oxidation sites excluding steroid dienone is 1. The summed E-state index contributed by atoms with van der Waals surface area (Å²) in [6, 6.07) is 25.9. The molecule has 3 aromatic carbocycles. The highest BCUT2D eigenvalue weighted by Gasteiger charge is 2.46. The maximum atomic E-state index is 13.2. The summed E-state index contributed by atoms with van der Waals surface area (Å²) in [6.07, 6.45) is 3.83. The lowest BCUT2D eigenvalue weighted by atomic mass is 9.80. The molecule has 0 bridgehead atoms. The number of aromatic nitrogens is 1. The zero-order valence-electron chi connectivity index (χ0n) is 22.3. The number of fused-ring (bicyclic) bond motifs is 2. The zero-order chi connectivity index (χ0) is 27.6. The normalized spacial score (nSPS) is 21.2. The average molecular weight is 571 g/mol. The van der Waals surface area contributed by atoms with Crippen molar-refractivity contribution < 1.29 is 14.3 Å². The lowest BCUT2D eigenvalue weighted by molar-refractivity contribution is 0.138. The Hall–Kier alpha value is -3.48. The van der Waals surface area contributed by atoms with Gasteiger partial charge >= 0.3 is 0 Å². The van der Waals surface area contributed by atoms with Crippen LogP contribution in [0, 0.1) is 11.8 Å². The number of thioether (sulfide) groups is 1. The maximum absolute atomic E-state index is 13.2. The van der Waals surface area contributed by atoms with E-state index >= 15 is 0 Å². The van der Waals surface area contributed by atoms with E-state index in [0.717, 1.165) is 64.4 Å². The van der Waals surface area contributed by atoms with Gasteiger partial charge in [-0.3, -0.25) is 4.79 Å². The fraction of sp³-hybridized carbons (Fsp3) is 0.273. The third-order valence-corrected chi connectivity index (χ3v) is 9.68. The van der Waals surface area contributed by atoms with Gasteiger partial charge in [0.25, 0.3) is 5.24 Å². The van der Waals surface area contributed by atoms with Crippen LogP contribution in [0.25, 0.3) is 22.2 Å². The smallest absolute Gasteiger partial charge is 0.282 e. The Morgan fingerprint density at radius 3 is 2.55 bits per heavy atom. The number of carbonyl (C=O) groups is 1. The first-order valence-corrected chi connectivity index (χ1v) is 15.0. The van der Waals surface area contributed by atoms with E-state index < -0.39 is 0 Å². The van der Waals surface area contributed by atoms with Crippen molar-refractivity contribution in [3.05, 3.63) is 97.1 Å². The van der Waals surface area contributed by atoms with Crippen LogP contribution < -0.4 is 9.47 Å². The number of methoxy groups -OCH3 is 1. The molecule has 0 radical (unpaired) electrons. The molecular weight excluding hydrogens is 540 g/mol. The van der Waals surface area contributed by atoms with E-state index in [1.165, 1.54) is 11.8 Å². The average Bonchev–Trinajstić information content (AvgIpc) is 3.33. The highest BCUT2D eigenvalue weighted by Crippen LogP contribution is 2.51. The van der Waals surface area contributed by atoms with Gasteiger partial charge in [0.2, 0.25) is 0 Å². The van der Waals surface area contributed by atoms with E-state index in [-0.39, 0.29) is 22.4 Å². The number of hydrogen-bond donors (Lipinski definition) is 0. The number of para-hydroxylation sites is 1. The van der Waals surface area contributed by atoms with Crippen molar-refractivity contribution in [1.29, 1.82) is 0 Å². The van der Waals surface area contributed by atoms with Gasteiger partial charge in [0.15, 0.2) is 0 Å². The highest BCUT2D eigenvalue weighted by molar-refractivity contribution is 8.14. The molecule has 2 fully saturated rings. The van der Waals surface area contributed by atoms with Crippen LogP contribution in [0.15, 0.2) is 91.5 Å².